The van der Waals surface area contributed by atoms with Gasteiger partial charge in [-0.05, 0) is 58.4 Å². The fraction of sp³-hybridized carbons (Fsp3) is 0.143. The highest BCUT2D eigenvalue weighted by molar-refractivity contribution is 9.11. The fourth-order valence-electron chi connectivity index (χ4n) is 1.49. The standard InChI is InChI=1S/C14H13Br2N3/c1-19(2)12-6-4-11(5-7-12)17-18-14-9-10(15)3-8-13(14)16/h3-9H,1-2H3. The highest BCUT2D eigenvalue weighted by Crippen LogP contribution is 2.30. The first kappa shape index (κ1) is 14.2. The number of benzene rings is 2. The van der Waals surface area contributed by atoms with Crippen LogP contribution in [0.4, 0.5) is 17.1 Å². The second-order valence-electron chi connectivity index (χ2n) is 4.21. The molecule has 0 amide bonds. The summed E-state index contributed by atoms with van der Waals surface area (Å²) >= 11 is 6.87. The number of nitrogens with zero attached hydrogens (tertiary/aromatic N) is 3. The van der Waals surface area contributed by atoms with Crippen LogP contribution in [-0.2, 0) is 0 Å². The number of hydrogen-bond donors (Lipinski definition) is 0. The lowest BCUT2D eigenvalue weighted by atomic mass is 10.3. The third-order valence-electron chi connectivity index (χ3n) is 2.55. The first-order valence-corrected chi connectivity index (χ1v) is 7.29. The summed E-state index contributed by atoms with van der Waals surface area (Å²) in [6.45, 7) is 0. The van der Waals surface area contributed by atoms with Crippen molar-refractivity contribution < 1.29 is 0 Å². The van der Waals surface area contributed by atoms with Crippen molar-refractivity contribution in [1.29, 1.82) is 0 Å². The van der Waals surface area contributed by atoms with Gasteiger partial charge in [0.2, 0.25) is 0 Å². The lowest BCUT2D eigenvalue weighted by Gasteiger charge is -2.11. The summed E-state index contributed by atoms with van der Waals surface area (Å²) in [5.74, 6) is 0. The molecule has 2 aromatic rings. The van der Waals surface area contributed by atoms with Gasteiger partial charge in [-0.15, -0.1) is 5.11 Å². The Bertz CT molecular complexity index is 592. The fourth-order valence-corrected chi connectivity index (χ4v) is 2.17. The monoisotopic (exact) mass is 381 g/mol. The first-order chi connectivity index (χ1) is 9.06. The van der Waals surface area contributed by atoms with Gasteiger partial charge in [0, 0.05) is 28.7 Å². The summed E-state index contributed by atoms with van der Waals surface area (Å²) in [4.78, 5) is 2.05. The van der Waals surface area contributed by atoms with Crippen molar-refractivity contribution in [3.63, 3.8) is 0 Å². The van der Waals surface area contributed by atoms with Crippen LogP contribution in [0.5, 0.6) is 0 Å². The Kier molecular flexibility index (Phi) is 4.71. The molecular weight excluding hydrogens is 370 g/mol. The molecule has 3 nitrogen and oxygen atoms in total. The minimum atomic E-state index is 0.797. The summed E-state index contributed by atoms with van der Waals surface area (Å²) in [7, 11) is 4.02. The number of anilines is 1. The van der Waals surface area contributed by atoms with Crippen molar-refractivity contribution in [3.05, 3.63) is 51.4 Å². The van der Waals surface area contributed by atoms with Crippen molar-refractivity contribution in [3.8, 4) is 0 Å². The van der Waals surface area contributed by atoms with E-state index >= 15 is 0 Å². The molecule has 0 heterocycles. The SMILES string of the molecule is CN(C)c1ccc(N=Nc2cc(Br)ccc2Br)cc1. The van der Waals surface area contributed by atoms with E-state index < -0.39 is 0 Å². The topological polar surface area (TPSA) is 28.0 Å². The number of halogens is 2. The van der Waals surface area contributed by atoms with E-state index in [1.54, 1.807) is 0 Å². The van der Waals surface area contributed by atoms with E-state index in [4.69, 9.17) is 0 Å². The third kappa shape index (κ3) is 3.88. The van der Waals surface area contributed by atoms with E-state index in [2.05, 4.69) is 42.1 Å². The quantitative estimate of drug-likeness (QED) is 0.626. The smallest absolute Gasteiger partial charge is 0.101 e. The minimum absolute atomic E-state index is 0.797. The van der Waals surface area contributed by atoms with E-state index in [0.29, 0.717) is 0 Å². The van der Waals surface area contributed by atoms with Crippen LogP contribution in [0.3, 0.4) is 0 Å². The molecule has 19 heavy (non-hydrogen) atoms. The molecule has 0 atom stereocenters. The second kappa shape index (κ2) is 6.30. The molecule has 0 saturated heterocycles. The van der Waals surface area contributed by atoms with E-state index in [-0.39, 0.29) is 0 Å². The van der Waals surface area contributed by atoms with Crippen molar-refractivity contribution in [2.45, 2.75) is 0 Å². The lowest BCUT2D eigenvalue weighted by molar-refractivity contribution is 1.13. The van der Waals surface area contributed by atoms with Gasteiger partial charge in [0.05, 0.1) is 5.69 Å². The van der Waals surface area contributed by atoms with Crippen LogP contribution < -0.4 is 4.90 Å². The van der Waals surface area contributed by atoms with E-state index in [1.165, 1.54) is 0 Å². The van der Waals surface area contributed by atoms with Crippen molar-refractivity contribution in [1.82, 2.24) is 0 Å². The molecule has 0 aliphatic rings. The van der Waals surface area contributed by atoms with Crippen LogP contribution in [0.1, 0.15) is 0 Å². The highest BCUT2D eigenvalue weighted by Gasteiger charge is 1.99. The van der Waals surface area contributed by atoms with Gasteiger partial charge >= 0.3 is 0 Å². The molecule has 0 fully saturated rings. The summed E-state index contributed by atoms with van der Waals surface area (Å²) in [6, 6.07) is 13.7. The summed E-state index contributed by atoms with van der Waals surface area (Å²) in [5.41, 5.74) is 2.77. The maximum absolute atomic E-state index is 4.25. The summed E-state index contributed by atoms with van der Waals surface area (Å²) < 4.78 is 1.90. The van der Waals surface area contributed by atoms with Crippen LogP contribution in [0.15, 0.2) is 61.6 Å². The van der Waals surface area contributed by atoms with Crippen LogP contribution in [0.25, 0.3) is 0 Å². The lowest BCUT2D eigenvalue weighted by Crippen LogP contribution is -2.07. The van der Waals surface area contributed by atoms with Crippen LogP contribution in [0.2, 0.25) is 0 Å². The molecule has 0 N–H and O–H groups in total. The molecule has 0 aliphatic carbocycles. The third-order valence-corrected chi connectivity index (χ3v) is 3.71. The van der Waals surface area contributed by atoms with Crippen molar-refractivity contribution >= 4 is 48.9 Å². The van der Waals surface area contributed by atoms with Gasteiger partial charge in [0.15, 0.2) is 0 Å². The molecule has 0 unspecified atom stereocenters. The molecule has 98 valence electrons. The molecule has 0 aliphatic heterocycles. The average Bonchev–Trinajstić information content (AvgIpc) is 2.40. The van der Waals surface area contributed by atoms with Crippen LogP contribution in [0, 0.1) is 0 Å². The molecule has 0 radical (unpaired) electrons. The van der Waals surface area contributed by atoms with Crippen LogP contribution in [-0.4, -0.2) is 14.1 Å². The normalized spacial score (nSPS) is 10.9. The predicted octanol–water partition coefficient (Wildman–Crippen LogP) is 5.69. The van der Waals surface area contributed by atoms with E-state index in [0.717, 1.165) is 26.0 Å². The second-order valence-corrected chi connectivity index (χ2v) is 5.98. The van der Waals surface area contributed by atoms with Gasteiger partial charge in [-0.2, -0.15) is 5.11 Å². The molecule has 0 bridgehead atoms. The molecule has 2 rings (SSSR count). The van der Waals surface area contributed by atoms with Gasteiger partial charge in [-0.1, -0.05) is 15.9 Å². The maximum atomic E-state index is 4.25. The Labute approximate surface area is 129 Å². The zero-order valence-electron chi connectivity index (χ0n) is 10.6. The molecule has 0 saturated carbocycles. The minimum Gasteiger partial charge on any atom is -0.378 e. The largest absolute Gasteiger partial charge is 0.378 e. The Hall–Kier alpha value is -1.20. The molecule has 2 aromatic carbocycles. The van der Waals surface area contributed by atoms with Crippen molar-refractivity contribution in [2.75, 3.05) is 19.0 Å². The molecule has 5 heteroatoms. The Morgan fingerprint density at radius 3 is 2.21 bits per heavy atom. The molecule has 0 spiro atoms. The van der Waals surface area contributed by atoms with Gasteiger partial charge < -0.3 is 4.90 Å². The summed E-state index contributed by atoms with van der Waals surface area (Å²) in [5, 5.41) is 8.48. The summed E-state index contributed by atoms with van der Waals surface area (Å²) in [6.07, 6.45) is 0. The Balaban J connectivity index is 2.20. The molecular formula is C14H13Br2N3. The Morgan fingerprint density at radius 2 is 1.58 bits per heavy atom. The predicted molar refractivity (Wildman–Crippen MR) is 86.8 cm³/mol. The average molecular weight is 383 g/mol. The Morgan fingerprint density at radius 1 is 0.895 bits per heavy atom. The number of rotatable bonds is 3. The maximum Gasteiger partial charge on any atom is 0.101 e. The van der Waals surface area contributed by atoms with E-state index in [1.807, 2.05) is 61.5 Å². The van der Waals surface area contributed by atoms with Crippen molar-refractivity contribution in [2.24, 2.45) is 10.2 Å². The van der Waals surface area contributed by atoms with Crippen LogP contribution >= 0.6 is 31.9 Å². The van der Waals surface area contributed by atoms with Gasteiger partial charge in [0.25, 0.3) is 0 Å². The molecule has 0 aromatic heterocycles. The number of hydrogen-bond acceptors (Lipinski definition) is 3. The number of azo groups is 1. The zero-order chi connectivity index (χ0) is 13.8. The van der Waals surface area contributed by atoms with Gasteiger partial charge in [-0.3, -0.25) is 0 Å². The zero-order valence-corrected chi connectivity index (χ0v) is 13.8. The van der Waals surface area contributed by atoms with Gasteiger partial charge in [0.1, 0.15) is 5.69 Å². The highest BCUT2D eigenvalue weighted by atomic mass is 79.9. The van der Waals surface area contributed by atoms with E-state index in [9.17, 15) is 0 Å². The van der Waals surface area contributed by atoms with Gasteiger partial charge in [-0.25, -0.2) is 0 Å². The first-order valence-electron chi connectivity index (χ1n) is 5.70.